The lowest BCUT2D eigenvalue weighted by Gasteiger charge is -2.26. The van der Waals surface area contributed by atoms with Crippen LogP contribution in [-0.2, 0) is 6.42 Å². The first-order valence-corrected chi connectivity index (χ1v) is 9.57. The minimum atomic E-state index is 0.0370. The van der Waals surface area contributed by atoms with E-state index in [1.54, 1.807) is 26.0 Å². The summed E-state index contributed by atoms with van der Waals surface area (Å²) in [7, 11) is 5.35. The molecule has 0 radical (unpaired) electrons. The van der Waals surface area contributed by atoms with Crippen molar-refractivity contribution >= 4 is 11.9 Å². The fraction of sp³-hybridized carbons (Fsp3) is 0.600. The molecule has 1 heterocycles. The molecular weight excluding hydrogens is 326 g/mol. The largest absolute Gasteiger partial charge is 0.356 e. The topological polar surface area (TPSA) is 60.0 Å². The molecule has 0 saturated carbocycles. The third-order valence-electron chi connectivity index (χ3n) is 4.68. The van der Waals surface area contributed by atoms with Gasteiger partial charge < -0.3 is 20.4 Å². The number of nitrogens with one attached hydrogen (secondary N) is 2. The minimum absolute atomic E-state index is 0.0370. The molecule has 0 unspecified atom stereocenters. The average molecular weight is 360 g/mol. The Balaban J connectivity index is 1.71. The lowest BCUT2D eigenvalue weighted by Crippen LogP contribution is -2.43. The predicted octanol–water partition coefficient (Wildman–Crippen LogP) is 1.58. The molecule has 1 aliphatic heterocycles. The van der Waals surface area contributed by atoms with Crippen molar-refractivity contribution in [3.05, 3.63) is 35.4 Å². The van der Waals surface area contributed by atoms with Gasteiger partial charge in [-0.15, -0.1) is 0 Å². The van der Waals surface area contributed by atoms with Crippen LogP contribution in [0.25, 0.3) is 0 Å². The van der Waals surface area contributed by atoms with Crippen molar-refractivity contribution in [1.82, 2.24) is 20.4 Å². The zero-order valence-electron chi connectivity index (χ0n) is 16.4. The number of aliphatic imine (C=N–C) groups is 1. The molecule has 0 bridgehead atoms. The van der Waals surface area contributed by atoms with Crippen LogP contribution in [0.2, 0.25) is 0 Å². The van der Waals surface area contributed by atoms with E-state index in [0.717, 1.165) is 43.1 Å². The number of rotatable bonds is 7. The Morgan fingerprint density at radius 2 is 1.88 bits per heavy atom. The zero-order valence-corrected chi connectivity index (χ0v) is 16.4. The van der Waals surface area contributed by atoms with Crippen LogP contribution in [0.4, 0.5) is 0 Å². The van der Waals surface area contributed by atoms with Crippen molar-refractivity contribution in [3.8, 4) is 0 Å². The summed E-state index contributed by atoms with van der Waals surface area (Å²) in [6, 6.07) is 7.83. The standard InChI is InChI=1S/C20H33N5O/c1-21-20(23-12-15-25-13-5-4-6-14-25)22-11-10-17-8-7-9-18(16-17)19(26)24(2)3/h7-9,16H,4-6,10-15H2,1-3H3,(H2,21,22,23). The lowest BCUT2D eigenvalue weighted by atomic mass is 10.1. The number of carbonyl (C=O) groups excluding carboxylic acids is 1. The van der Waals surface area contributed by atoms with Crippen LogP contribution in [0, 0.1) is 0 Å². The molecular formula is C20H33N5O. The van der Waals surface area contributed by atoms with E-state index in [1.165, 1.54) is 32.4 Å². The zero-order chi connectivity index (χ0) is 18.8. The highest BCUT2D eigenvalue weighted by atomic mass is 16.2. The number of nitrogens with zero attached hydrogens (tertiary/aromatic N) is 3. The van der Waals surface area contributed by atoms with Gasteiger partial charge in [0, 0.05) is 46.3 Å². The first-order valence-electron chi connectivity index (χ1n) is 9.57. The number of carbonyl (C=O) groups is 1. The molecule has 0 aliphatic carbocycles. The Bertz CT molecular complexity index is 594. The summed E-state index contributed by atoms with van der Waals surface area (Å²) in [4.78, 5) is 20.5. The second-order valence-corrected chi connectivity index (χ2v) is 6.98. The average Bonchev–Trinajstić information content (AvgIpc) is 2.67. The summed E-state index contributed by atoms with van der Waals surface area (Å²) < 4.78 is 0. The van der Waals surface area contributed by atoms with Crippen LogP contribution in [0.5, 0.6) is 0 Å². The van der Waals surface area contributed by atoms with Crippen molar-refractivity contribution in [3.63, 3.8) is 0 Å². The van der Waals surface area contributed by atoms with Gasteiger partial charge in [-0.05, 0) is 50.0 Å². The Morgan fingerprint density at radius 1 is 1.15 bits per heavy atom. The number of hydrogen-bond donors (Lipinski definition) is 2. The summed E-state index contributed by atoms with van der Waals surface area (Å²) in [6.07, 6.45) is 4.86. The van der Waals surface area contributed by atoms with Crippen LogP contribution in [0.1, 0.15) is 35.2 Å². The van der Waals surface area contributed by atoms with E-state index in [0.29, 0.717) is 0 Å². The molecule has 26 heavy (non-hydrogen) atoms. The lowest BCUT2D eigenvalue weighted by molar-refractivity contribution is 0.0827. The molecule has 2 N–H and O–H groups in total. The summed E-state index contributed by atoms with van der Waals surface area (Å²) in [5, 5.41) is 6.74. The highest BCUT2D eigenvalue weighted by Crippen LogP contribution is 2.08. The fourth-order valence-corrected chi connectivity index (χ4v) is 3.18. The van der Waals surface area contributed by atoms with E-state index in [2.05, 4.69) is 26.6 Å². The maximum absolute atomic E-state index is 12.1. The van der Waals surface area contributed by atoms with Crippen LogP contribution in [0.15, 0.2) is 29.3 Å². The molecule has 0 aromatic heterocycles. The summed E-state index contributed by atoms with van der Waals surface area (Å²) in [5.74, 6) is 0.873. The Morgan fingerprint density at radius 3 is 2.58 bits per heavy atom. The second-order valence-electron chi connectivity index (χ2n) is 6.98. The van der Waals surface area contributed by atoms with Crippen molar-refractivity contribution < 1.29 is 4.79 Å². The first kappa shape index (κ1) is 20.2. The van der Waals surface area contributed by atoms with Crippen LogP contribution >= 0.6 is 0 Å². The normalized spacial score (nSPS) is 15.6. The van der Waals surface area contributed by atoms with Crippen LogP contribution in [0.3, 0.4) is 0 Å². The molecule has 1 aromatic rings. The van der Waals surface area contributed by atoms with E-state index in [9.17, 15) is 4.79 Å². The third kappa shape index (κ3) is 6.67. The highest BCUT2D eigenvalue weighted by Gasteiger charge is 2.10. The maximum Gasteiger partial charge on any atom is 0.253 e. The van der Waals surface area contributed by atoms with Gasteiger partial charge in [0.1, 0.15) is 0 Å². The Kier molecular flexibility index (Phi) is 8.41. The predicted molar refractivity (Wildman–Crippen MR) is 108 cm³/mol. The monoisotopic (exact) mass is 359 g/mol. The van der Waals surface area contributed by atoms with Gasteiger partial charge in [-0.25, -0.2) is 0 Å². The summed E-state index contributed by atoms with van der Waals surface area (Å²) in [5.41, 5.74) is 1.88. The first-order chi connectivity index (χ1) is 12.6. The van der Waals surface area contributed by atoms with Gasteiger partial charge in [0.05, 0.1) is 0 Å². The van der Waals surface area contributed by atoms with E-state index in [-0.39, 0.29) is 5.91 Å². The van der Waals surface area contributed by atoms with E-state index in [1.807, 2.05) is 18.2 Å². The molecule has 144 valence electrons. The van der Waals surface area contributed by atoms with Gasteiger partial charge in [-0.2, -0.15) is 0 Å². The molecule has 1 aliphatic rings. The van der Waals surface area contributed by atoms with Gasteiger partial charge in [0.25, 0.3) is 5.91 Å². The SMILES string of the molecule is CN=C(NCCc1cccc(C(=O)N(C)C)c1)NCCN1CCCCC1. The number of piperidine rings is 1. The Labute approximate surface area is 157 Å². The van der Waals surface area contributed by atoms with Crippen LogP contribution < -0.4 is 10.6 Å². The quantitative estimate of drug-likeness (QED) is 0.573. The summed E-state index contributed by atoms with van der Waals surface area (Å²) in [6.45, 7) is 5.19. The minimum Gasteiger partial charge on any atom is -0.356 e. The maximum atomic E-state index is 12.1. The molecule has 6 nitrogen and oxygen atoms in total. The number of amides is 1. The van der Waals surface area contributed by atoms with Gasteiger partial charge in [-0.3, -0.25) is 9.79 Å². The molecule has 1 fully saturated rings. The van der Waals surface area contributed by atoms with Gasteiger partial charge in [0.2, 0.25) is 0 Å². The highest BCUT2D eigenvalue weighted by molar-refractivity contribution is 5.94. The van der Waals surface area contributed by atoms with Gasteiger partial charge >= 0.3 is 0 Å². The van der Waals surface area contributed by atoms with Crippen LogP contribution in [-0.4, -0.2) is 75.5 Å². The fourth-order valence-electron chi connectivity index (χ4n) is 3.18. The molecule has 6 heteroatoms. The van der Waals surface area contributed by atoms with Gasteiger partial charge in [-0.1, -0.05) is 18.6 Å². The number of guanidine groups is 1. The third-order valence-corrected chi connectivity index (χ3v) is 4.68. The summed E-state index contributed by atoms with van der Waals surface area (Å²) >= 11 is 0. The van der Waals surface area contributed by atoms with E-state index < -0.39 is 0 Å². The molecule has 2 rings (SSSR count). The van der Waals surface area contributed by atoms with E-state index >= 15 is 0 Å². The van der Waals surface area contributed by atoms with Crippen molar-refractivity contribution in [1.29, 1.82) is 0 Å². The van der Waals surface area contributed by atoms with Crippen molar-refractivity contribution in [2.45, 2.75) is 25.7 Å². The smallest absolute Gasteiger partial charge is 0.253 e. The van der Waals surface area contributed by atoms with Gasteiger partial charge in [0.15, 0.2) is 5.96 Å². The number of hydrogen-bond acceptors (Lipinski definition) is 3. The molecule has 1 aromatic carbocycles. The second kappa shape index (κ2) is 10.8. The van der Waals surface area contributed by atoms with Crippen molar-refractivity contribution in [2.24, 2.45) is 4.99 Å². The number of likely N-dealkylation sites (tertiary alicyclic amines) is 1. The number of benzene rings is 1. The molecule has 1 saturated heterocycles. The van der Waals surface area contributed by atoms with Crippen molar-refractivity contribution in [2.75, 3.05) is 53.9 Å². The molecule has 0 atom stereocenters. The molecule has 0 spiro atoms. The molecule has 1 amide bonds. The Hall–Kier alpha value is -2.08. The van der Waals surface area contributed by atoms with E-state index in [4.69, 9.17) is 0 Å².